The van der Waals surface area contributed by atoms with Gasteiger partial charge in [0.15, 0.2) is 5.96 Å². The Bertz CT molecular complexity index is 282. The highest BCUT2D eigenvalue weighted by Crippen LogP contribution is 2.16. The number of nitrogens with zero attached hydrogens (tertiary/aromatic N) is 3. The number of guanidine groups is 1. The van der Waals surface area contributed by atoms with Crippen LogP contribution in [0.3, 0.4) is 0 Å². The van der Waals surface area contributed by atoms with Gasteiger partial charge in [-0.05, 0) is 12.8 Å². The minimum absolute atomic E-state index is 0. The second kappa shape index (κ2) is 8.97. The number of likely N-dealkylation sites (tertiary alicyclic amines) is 1. The van der Waals surface area contributed by atoms with Gasteiger partial charge in [0.2, 0.25) is 0 Å². The summed E-state index contributed by atoms with van der Waals surface area (Å²) in [5, 5.41) is 3.42. The van der Waals surface area contributed by atoms with Gasteiger partial charge in [-0.15, -0.1) is 24.0 Å². The van der Waals surface area contributed by atoms with E-state index in [1.54, 1.807) is 0 Å². The highest BCUT2D eigenvalue weighted by Gasteiger charge is 2.29. The van der Waals surface area contributed by atoms with Crippen LogP contribution in [0.2, 0.25) is 0 Å². The fourth-order valence-corrected chi connectivity index (χ4v) is 2.74. The van der Waals surface area contributed by atoms with Gasteiger partial charge in [-0.1, -0.05) is 6.92 Å². The standard InChI is InChI=1S/C13H26N4O.HI/c1-3-5-15-13(14-2)17-6-4-12(11-17)16-7-9-18-10-8-16;/h12H,3-11H2,1-2H3,(H,14,15);1H. The fourth-order valence-electron chi connectivity index (χ4n) is 2.74. The summed E-state index contributed by atoms with van der Waals surface area (Å²) in [4.78, 5) is 9.33. The number of morpholine rings is 1. The lowest BCUT2D eigenvalue weighted by molar-refractivity contribution is 0.0195. The van der Waals surface area contributed by atoms with Gasteiger partial charge in [-0.25, -0.2) is 0 Å². The van der Waals surface area contributed by atoms with Crippen molar-refractivity contribution in [3.05, 3.63) is 0 Å². The Morgan fingerprint density at radius 2 is 2.05 bits per heavy atom. The average molecular weight is 382 g/mol. The molecule has 0 aromatic rings. The summed E-state index contributed by atoms with van der Waals surface area (Å²) in [7, 11) is 1.88. The van der Waals surface area contributed by atoms with Crippen molar-refractivity contribution in [2.75, 3.05) is 53.0 Å². The van der Waals surface area contributed by atoms with Crippen molar-refractivity contribution in [3.63, 3.8) is 0 Å². The Hall–Kier alpha value is -0.0800. The van der Waals surface area contributed by atoms with Gasteiger partial charge in [0.1, 0.15) is 0 Å². The van der Waals surface area contributed by atoms with Crippen molar-refractivity contribution in [2.45, 2.75) is 25.8 Å². The molecule has 2 heterocycles. The molecule has 5 nitrogen and oxygen atoms in total. The van der Waals surface area contributed by atoms with E-state index in [-0.39, 0.29) is 24.0 Å². The number of hydrogen-bond acceptors (Lipinski definition) is 3. The molecule has 0 bridgehead atoms. The second-order valence-electron chi connectivity index (χ2n) is 5.01. The maximum Gasteiger partial charge on any atom is 0.193 e. The average Bonchev–Trinajstić information content (AvgIpc) is 2.90. The minimum Gasteiger partial charge on any atom is -0.379 e. The van der Waals surface area contributed by atoms with Crippen LogP contribution in [-0.4, -0.2) is 74.8 Å². The van der Waals surface area contributed by atoms with Crippen LogP contribution in [0.4, 0.5) is 0 Å². The number of rotatable bonds is 3. The Morgan fingerprint density at radius 1 is 1.32 bits per heavy atom. The van der Waals surface area contributed by atoms with Crippen molar-refractivity contribution in [1.82, 2.24) is 15.1 Å². The van der Waals surface area contributed by atoms with Gasteiger partial charge in [-0.3, -0.25) is 9.89 Å². The molecule has 2 aliphatic rings. The number of nitrogens with one attached hydrogen (secondary N) is 1. The molecule has 0 amide bonds. The zero-order chi connectivity index (χ0) is 12.8. The first-order valence-electron chi connectivity index (χ1n) is 7.12. The molecule has 19 heavy (non-hydrogen) atoms. The minimum atomic E-state index is 0. The van der Waals surface area contributed by atoms with E-state index in [0.29, 0.717) is 6.04 Å². The van der Waals surface area contributed by atoms with Crippen LogP contribution in [0.15, 0.2) is 4.99 Å². The molecule has 1 N–H and O–H groups in total. The van der Waals surface area contributed by atoms with Crippen LogP contribution < -0.4 is 5.32 Å². The molecule has 0 spiro atoms. The molecular formula is C13H27IN4O. The van der Waals surface area contributed by atoms with Gasteiger partial charge in [0.05, 0.1) is 13.2 Å². The first kappa shape index (κ1) is 17.0. The quantitative estimate of drug-likeness (QED) is 0.449. The van der Waals surface area contributed by atoms with E-state index in [1.165, 1.54) is 6.42 Å². The molecule has 0 aromatic carbocycles. The second-order valence-corrected chi connectivity index (χ2v) is 5.01. The topological polar surface area (TPSA) is 40.1 Å². The van der Waals surface area contributed by atoms with Crippen molar-refractivity contribution in [1.29, 1.82) is 0 Å². The molecular weight excluding hydrogens is 355 g/mol. The Morgan fingerprint density at radius 3 is 2.68 bits per heavy atom. The highest BCUT2D eigenvalue weighted by atomic mass is 127. The normalized spacial score (nSPS) is 25.3. The van der Waals surface area contributed by atoms with Gasteiger partial charge in [0, 0.05) is 45.8 Å². The first-order chi connectivity index (χ1) is 8.85. The van der Waals surface area contributed by atoms with E-state index in [2.05, 4.69) is 27.0 Å². The molecule has 2 aliphatic heterocycles. The van der Waals surface area contributed by atoms with Crippen molar-refractivity contribution < 1.29 is 4.74 Å². The lowest BCUT2D eigenvalue weighted by atomic mass is 10.2. The van der Waals surface area contributed by atoms with Gasteiger partial charge in [-0.2, -0.15) is 0 Å². The Labute approximate surface area is 133 Å². The Kier molecular flexibility index (Phi) is 8.01. The maximum absolute atomic E-state index is 5.42. The van der Waals surface area contributed by atoms with Crippen molar-refractivity contribution in [2.24, 2.45) is 4.99 Å². The summed E-state index contributed by atoms with van der Waals surface area (Å²) in [6, 6.07) is 0.675. The van der Waals surface area contributed by atoms with Gasteiger partial charge >= 0.3 is 0 Å². The largest absolute Gasteiger partial charge is 0.379 e. The van der Waals surface area contributed by atoms with Crippen LogP contribution in [0.25, 0.3) is 0 Å². The monoisotopic (exact) mass is 382 g/mol. The molecule has 0 saturated carbocycles. The van der Waals surface area contributed by atoms with E-state index in [4.69, 9.17) is 4.74 Å². The predicted octanol–water partition coefficient (Wildman–Crippen LogP) is 0.996. The summed E-state index contributed by atoms with van der Waals surface area (Å²) in [6.07, 6.45) is 2.38. The van der Waals surface area contributed by atoms with Gasteiger partial charge < -0.3 is 15.0 Å². The lowest BCUT2D eigenvalue weighted by Gasteiger charge is -2.32. The number of hydrogen-bond donors (Lipinski definition) is 1. The number of halogens is 1. The van der Waals surface area contributed by atoms with Crippen LogP contribution >= 0.6 is 24.0 Å². The molecule has 6 heteroatoms. The summed E-state index contributed by atoms with van der Waals surface area (Å²) < 4.78 is 5.42. The third-order valence-electron chi connectivity index (χ3n) is 3.77. The molecule has 112 valence electrons. The molecule has 2 rings (SSSR count). The summed E-state index contributed by atoms with van der Waals surface area (Å²) in [6.45, 7) is 9.35. The predicted molar refractivity (Wildman–Crippen MR) is 89.4 cm³/mol. The zero-order valence-electron chi connectivity index (χ0n) is 12.1. The number of aliphatic imine (C=N–C) groups is 1. The van der Waals surface area contributed by atoms with Crippen LogP contribution in [0.5, 0.6) is 0 Å². The third-order valence-corrected chi connectivity index (χ3v) is 3.77. The van der Waals surface area contributed by atoms with E-state index in [1.807, 2.05) is 7.05 Å². The SMILES string of the molecule is CCCNC(=NC)N1CCC(N2CCOCC2)C1.I. The van der Waals surface area contributed by atoms with Crippen LogP contribution in [0.1, 0.15) is 19.8 Å². The maximum atomic E-state index is 5.42. The molecule has 0 aromatic heterocycles. The zero-order valence-corrected chi connectivity index (χ0v) is 14.4. The highest BCUT2D eigenvalue weighted by molar-refractivity contribution is 14.0. The van der Waals surface area contributed by atoms with Gasteiger partial charge in [0.25, 0.3) is 0 Å². The summed E-state index contributed by atoms with van der Waals surface area (Å²) in [5.74, 6) is 1.06. The number of ether oxygens (including phenoxy) is 1. The summed E-state index contributed by atoms with van der Waals surface area (Å²) in [5.41, 5.74) is 0. The molecule has 1 unspecified atom stereocenters. The first-order valence-corrected chi connectivity index (χ1v) is 7.12. The van der Waals surface area contributed by atoms with E-state index >= 15 is 0 Å². The molecule has 1 atom stereocenters. The smallest absolute Gasteiger partial charge is 0.193 e. The molecule has 2 fully saturated rings. The molecule has 2 saturated heterocycles. The Balaban J connectivity index is 0.00000180. The summed E-state index contributed by atoms with van der Waals surface area (Å²) >= 11 is 0. The van der Waals surface area contributed by atoms with Crippen molar-refractivity contribution in [3.8, 4) is 0 Å². The molecule has 0 aliphatic carbocycles. The van der Waals surface area contributed by atoms with Crippen LogP contribution in [-0.2, 0) is 4.74 Å². The van der Waals surface area contributed by atoms with E-state index in [9.17, 15) is 0 Å². The lowest BCUT2D eigenvalue weighted by Crippen LogP contribution is -2.46. The third kappa shape index (κ3) is 4.75. The molecule has 0 radical (unpaired) electrons. The van der Waals surface area contributed by atoms with E-state index < -0.39 is 0 Å². The van der Waals surface area contributed by atoms with E-state index in [0.717, 1.165) is 58.3 Å². The van der Waals surface area contributed by atoms with Crippen molar-refractivity contribution >= 4 is 29.9 Å². The fraction of sp³-hybridized carbons (Fsp3) is 0.923. The van der Waals surface area contributed by atoms with Crippen LogP contribution in [0, 0.1) is 0 Å².